The molecule has 0 bridgehead atoms. The number of aliphatic hydroxyl groups excluding tert-OH is 1. The molecule has 13 heavy (non-hydrogen) atoms. The van der Waals surface area contributed by atoms with Crippen molar-refractivity contribution in [3.63, 3.8) is 0 Å². The number of hydrogen-bond donors (Lipinski definition) is 1. The molecule has 2 fully saturated rings. The molecule has 1 spiro atoms. The van der Waals surface area contributed by atoms with Crippen LogP contribution in [0.3, 0.4) is 0 Å². The van der Waals surface area contributed by atoms with E-state index >= 15 is 0 Å². The number of carbonyl (C=O) groups excluding carboxylic acids is 1. The summed E-state index contributed by atoms with van der Waals surface area (Å²) in [5.41, 5.74) is 0.508. The fourth-order valence-corrected chi connectivity index (χ4v) is 2.11. The van der Waals surface area contributed by atoms with Gasteiger partial charge < -0.3 is 10.0 Å². The molecule has 1 aliphatic heterocycles. The van der Waals surface area contributed by atoms with Gasteiger partial charge in [-0.3, -0.25) is 4.79 Å². The Kier molecular flexibility index (Phi) is 2.06. The van der Waals surface area contributed by atoms with Crippen LogP contribution in [0.25, 0.3) is 0 Å². The zero-order chi connectivity index (χ0) is 9.47. The second-order valence-electron chi connectivity index (χ2n) is 4.62. The first kappa shape index (κ1) is 9.00. The standard InChI is InChI=1S/C10H17NO2/c1-8(12)6-9(13)11-5-4-10(7-11)2-3-10/h8,12H,2-7H2,1H3/t8-/m0/s1. The molecule has 0 radical (unpaired) electrons. The summed E-state index contributed by atoms with van der Waals surface area (Å²) in [6.07, 6.45) is 3.56. The summed E-state index contributed by atoms with van der Waals surface area (Å²) >= 11 is 0. The minimum Gasteiger partial charge on any atom is -0.393 e. The molecule has 1 atom stereocenters. The summed E-state index contributed by atoms with van der Waals surface area (Å²) in [4.78, 5) is 13.5. The fourth-order valence-electron chi connectivity index (χ4n) is 2.11. The van der Waals surface area contributed by atoms with Crippen LogP contribution >= 0.6 is 0 Å². The topological polar surface area (TPSA) is 40.5 Å². The molecule has 0 unspecified atom stereocenters. The Morgan fingerprint density at radius 1 is 1.54 bits per heavy atom. The predicted octanol–water partition coefficient (Wildman–Crippen LogP) is 0.770. The molecule has 2 aliphatic rings. The highest BCUT2D eigenvalue weighted by Gasteiger charge is 2.48. The Hall–Kier alpha value is -0.570. The maximum atomic E-state index is 11.5. The van der Waals surface area contributed by atoms with Crippen LogP contribution in [0.2, 0.25) is 0 Å². The predicted molar refractivity (Wildman–Crippen MR) is 49.2 cm³/mol. The zero-order valence-corrected chi connectivity index (χ0v) is 8.12. The van der Waals surface area contributed by atoms with Crippen LogP contribution in [-0.2, 0) is 4.79 Å². The van der Waals surface area contributed by atoms with Crippen LogP contribution < -0.4 is 0 Å². The zero-order valence-electron chi connectivity index (χ0n) is 8.12. The molecule has 0 aromatic rings. The number of carbonyl (C=O) groups is 1. The van der Waals surface area contributed by atoms with E-state index in [1.54, 1.807) is 6.92 Å². The first-order valence-corrected chi connectivity index (χ1v) is 5.07. The third-order valence-electron chi connectivity index (χ3n) is 3.22. The highest BCUT2D eigenvalue weighted by molar-refractivity contribution is 5.77. The lowest BCUT2D eigenvalue weighted by molar-refractivity contribution is -0.132. The maximum absolute atomic E-state index is 11.5. The molecular formula is C10H17NO2. The molecule has 1 amide bonds. The summed E-state index contributed by atoms with van der Waals surface area (Å²) in [5, 5.41) is 9.08. The Morgan fingerprint density at radius 3 is 2.69 bits per heavy atom. The van der Waals surface area contributed by atoms with Crippen LogP contribution in [0.1, 0.15) is 32.6 Å². The summed E-state index contributed by atoms with van der Waals surface area (Å²) in [6, 6.07) is 0. The van der Waals surface area contributed by atoms with Gasteiger partial charge in [-0.1, -0.05) is 0 Å². The molecule has 0 aromatic heterocycles. The SMILES string of the molecule is C[C@H](O)CC(=O)N1CCC2(CC2)C1. The Labute approximate surface area is 78.7 Å². The van der Waals surface area contributed by atoms with Gasteiger partial charge in [0.2, 0.25) is 5.91 Å². The van der Waals surface area contributed by atoms with Gasteiger partial charge in [-0.15, -0.1) is 0 Å². The van der Waals surface area contributed by atoms with E-state index in [0.29, 0.717) is 5.41 Å². The van der Waals surface area contributed by atoms with Crippen molar-refractivity contribution in [2.45, 2.75) is 38.7 Å². The van der Waals surface area contributed by atoms with Gasteiger partial charge in [-0.25, -0.2) is 0 Å². The lowest BCUT2D eigenvalue weighted by Crippen LogP contribution is -2.31. The minimum atomic E-state index is -0.497. The third kappa shape index (κ3) is 1.85. The second kappa shape index (κ2) is 2.98. The molecule has 2 rings (SSSR count). The van der Waals surface area contributed by atoms with E-state index in [9.17, 15) is 4.79 Å². The van der Waals surface area contributed by atoms with Gasteiger partial charge in [-0.2, -0.15) is 0 Å². The van der Waals surface area contributed by atoms with E-state index in [0.717, 1.165) is 13.1 Å². The molecule has 1 heterocycles. The highest BCUT2D eigenvalue weighted by Crippen LogP contribution is 2.52. The molecule has 3 nitrogen and oxygen atoms in total. The van der Waals surface area contributed by atoms with Crippen molar-refractivity contribution in [3.05, 3.63) is 0 Å². The van der Waals surface area contributed by atoms with Crippen LogP contribution in [0.4, 0.5) is 0 Å². The molecular weight excluding hydrogens is 166 g/mol. The first-order chi connectivity index (χ1) is 6.11. The lowest BCUT2D eigenvalue weighted by atomic mass is 10.1. The molecule has 74 valence electrons. The largest absolute Gasteiger partial charge is 0.393 e. The minimum absolute atomic E-state index is 0.124. The van der Waals surface area contributed by atoms with Crippen molar-refractivity contribution < 1.29 is 9.90 Å². The number of likely N-dealkylation sites (tertiary alicyclic amines) is 1. The summed E-state index contributed by atoms with van der Waals surface area (Å²) < 4.78 is 0. The highest BCUT2D eigenvalue weighted by atomic mass is 16.3. The van der Waals surface area contributed by atoms with E-state index in [1.807, 2.05) is 4.90 Å². The van der Waals surface area contributed by atoms with Crippen LogP contribution in [0.5, 0.6) is 0 Å². The van der Waals surface area contributed by atoms with Crippen LogP contribution in [0.15, 0.2) is 0 Å². The van der Waals surface area contributed by atoms with Gasteiger partial charge in [0, 0.05) is 13.1 Å². The lowest BCUT2D eigenvalue weighted by Gasteiger charge is -2.17. The number of aliphatic hydroxyl groups is 1. The molecule has 1 N–H and O–H groups in total. The normalized spacial score (nSPS) is 26.5. The third-order valence-corrected chi connectivity index (χ3v) is 3.22. The maximum Gasteiger partial charge on any atom is 0.225 e. The molecule has 3 heteroatoms. The van der Waals surface area contributed by atoms with Gasteiger partial charge >= 0.3 is 0 Å². The fraction of sp³-hybridized carbons (Fsp3) is 0.900. The average molecular weight is 183 g/mol. The van der Waals surface area contributed by atoms with E-state index < -0.39 is 6.10 Å². The van der Waals surface area contributed by atoms with E-state index in [4.69, 9.17) is 5.11 Å². The van der Waals surface area contributed by atoms with Gasteiger partial charge in [0.25, 0.3) is 0 Å². The quantitative estimate of drug-likeness (QED) is 0.687. The van der Waals surface area contributed by atoms with E-state index in [1.165, 1.54) is 19.3 Å². The van der Waals surface area contributed by atoms with Crippen molar-refractivity contribution in [3.8, 4) is 0 Å². The smallest absolute Gasteiger partial charge is 0.225 e. The van der Waals surface area contributed by atoms with Crippen LogP contribution in [-0.4, -0.2) is 35.1 Å². The number of amides is 1. The molecule has 0 aromatic carbocycles. The molecule has 1 saturated carbocycles. The van der Waals surface area contributed by atoms with Crippen molar-refractivity contribution in [2.24, 2.45) is 5.41 Å². The Bertz CT molecular complexity index is 221. The molecule has 1 aliphatic carbocycles. The Morgan fingerprint density at radius 2 is 2.23 bits per heavy atom. The molecule has 1 saturated heterocycles. The van der Waals surface area contributed by atoms with Crippen molar-refractivity contribution >= 4 is 5.91 Å². The summed E-state index contributed by atoms with van der Waals surface area (Å²) in [6.45, 7) is 3.52. The monoisotopic (exact) mass is 183 g/mol. The summed E-state index contributed by atoms with van der Waals surface area (Å²) in [5.74, 6) is 0.124. The number of nitrogens with zero attached hydrogens (tertiary/aromatic N) is 1. The van der Waals surface area contributed by atoms with Gasteiger partial charge in [0.1, 0.15) is 0 Å². The van der Waals surface area contributed by atoms with E-state index in [2.05, 4.69) is 0 Å². The number of rotatable bonds is 2. The van der Waals surface area contributed by atoms with Crippen LogP contribution in [0, 0.1) is 5.41 Å². The van der Waals surface area contributed by atoms with Gasteiger partial charge in [0.05, 0.1) is 12.5 Å². The van der Waals surface area contributed by atoms with Gasteiger partial charge in [0.15, 0.2) is 0 Å². The first-order valence-electron chi connectivity index (χ1n) is 5.07. The number of hydrogen-bond acceptors (Lipinski definition) is 2. The summed E-state index contributed by atoms with van der Waals surface area (Å²) in [7, 11) is 0. The second-order valence-corrected chi connectivity index (χ2v) is 4.62. The van der Waals surface area contributed by atoms with Crippen molar-refractivity contribution in [2.75, 3.05) is 13.1 Å². The van der Waals surface area contributed by atoms with Crippen molar-refractivity contribution in [1.82, 2.24) is 4.90 Å². The average Bonchev–Trinajstić information content (AvgIpc) is 2.59. The van der Waals surface area contributed by atoms with E-state index in [-0.39, 0.29) is 12.3 Å². The van der Waals surface area contributed by atoms with Crippen molar-refractivity contribution in [1.29, 1.82) is 0 Å². The Balaban J connectivity index is 1.84. The van der Waals surface area contributed by atoms with Gasteiger partial charge in [-0.05, 0) is 31.6 Å².